The van der Waals surface area contributed by atoms with Crippen molar-refractivity contribution in [1.29, 1.82) is 0 Å². The fourth-order valence-corrected chi connectivity index (χ4v) is 4.38. The predicted octanol–water partition coefficient (Wildman–Crippen LogP) is 5.52. The summed E-state index contributed by atoms with van der Waals surface area (Å²) in [5, 5.41) is 7.22. The maximum absolute atomic E-state index is 13.3. The van der Waals surface area contributed by atoms with Gasteiger partial charge in [0.05, 0.1) is 12.1 Å². The van der Waals surface area contributed by atoms with Gasteiger partial charge in [-0.1, -0.05) is 6.92 Å². The van der Waals surface area contributed by atoms with Crippen LogP contribution >= 0.6 is 0 Å². The molecule has 4 rings (SSSR count). The molecule has 0 radical (unpaired) electrons. The second kappa shape index (κ2) is 11.7. The fraction of sp³-hybridized carbons (Fsp3) is 0.448. The summed E-state index contributed by atoms with van der Waals surface area (Å²) in [6.45, 7) is 12.4. The largest absolute Gasteiger partial charge is 0.443 e. The lowest BCUT2D eigenvalue weighted by atomic mass is 9.99. The van der Waals surface area contributed by atoms with Crippen molar-refractivity contribution in [3.8, 4) is 0 Å². The normalized spacial score (nSPS) is 14.3. The third-order valence-electron chi connectivity index (χ3n) is 6.50. The molecular weight excluding hydrogens is 480 g/mol. The Labute approximate surface area is 224 Å². The third-order valence-corrected chi connectivity index (χ3v) is 6.50. The summed E-state index contributed by atoms with van der Waals surface area (Å²) in [5.41, 5.74) is 2.13. The van der Waals surface area contributed by atoms with E-state index in [1.807, 2.05) is 64.2 Å². The van der Waals surface area contributed by atoms with Crippen LogP contribution in [0.15, 0.2) is 54.9 Å². The Kier molecular flexibility index (Phi) is 8.34. The Morgan fingerprint density at radius 2 is 1.82 bits per heavy atom. The molecule has 0 bridgehead atoms. The van der Waals surface area contributed by atoms with E-state index in [4.69, 9.17) is 9.72 Å². The molecule has 2 amide bonds. The number of aromatic nitrogens is 3. The van der Waals surface area contributed by atoms with Gasteiger partial charge in [-0.05, 0) is 88.9 Å². The van der Waals surface area contributed by atoms with Crippen LogP contribution in [-0.4, -0.2) is 52.0 Å². The van der Waals surface area contributed by atoms with Crippen molar-refractivity contribution in [1.82, 2.24) is 14.8 Å². The highest BCUT2D eigenvalue weighted by molar-refractivity contribution is 6.07. The average molecular weight is 519 g/mol. The number of piperidine rings is 1. The summed E-state index contributed by atoms with van der Waals surface area (Å²) in [7, 11) is 0. The molecule has 3 aromatic rings. The number of ether oxygens (including phenoxy) is 1. The molecule has 0 atom stereocenters. The van der Waals surface area contributed by atoms with Gasteiger partial charge in [-0.2, -0.15) is 5.10 Å². The first-order chi connectivity index (χ1) is 18.1. The molecule has 9 heteroatoms. The molecule has 1 saturated heterocycles. The number of nitrogens with zero attached hydrogens (tertiary/aromatic N) is 5. The van der Waals surface area contributed by atoms with E-state index >= 15 is 0 Å². The molecule has 0 saturated carbocycles. The molecule has 9 nitrogen and oxygen atoms in total. The van der Waals surface area contributed by atoms with Gasteiger partial charge in [-0.25, -0.2) is 9.78 Å². The Morgan fingerprint density at radius 1 is 1.11 bits per heavy atom. The standard InChI is InChI=1S/C29H38N6O3/c1-21-13-17-33(18-14-21)26-25(12-7-22(2)31-26)27(36)32-23-8-10-24(11-9-23)35(28(37)38-29(3,4)5)20-19-34-16-6-15-30-34/h6-12,15-16,21H,13-14,17-20H2,1-5H3,(H,32,36). The monoisotopic (exact) mass is 518 g/mol. The predicted molar refractivity (Wildman–Crippen MR) is 150 cm³/mol. The minimum atomic E-state index is -0.624. The zero-order chi connectivity index (χ0) is 27.3. The van der Waals surface area contributed by atoms with Crippen molar-refractivity contribution in [2.45, 2.75) is 59.6 Å². The first-order valence-corrected chi connectivity index (χ1v) is 13.2. The van der Waals surface area contributed by atoms with Crippen LogP contribution < -0.4 is 15.1 Å². The molecule has 0 spiro atoms. The number of benzene rings is 1. The van der Waals surface area contributed by atoms with Crippen LogP contribution in [0.4, 0.5) is 22.0 Å². The molecule has 1 N–H and O–H groups in total. The van der Waals surface area contributed by atoms with Crippen LogP contribution in [0.5, 0.6) is 0 Å². The smallest absolute Gasteiger partial charge is 0.414 e. The number of anilines is 3. The number of carbonyl (C=O) groups excluding carboxylic acids is 2. The lowest BCUT2D eigenvalue weighted by Crippen LogP contribution is -2.38. The highest BCUT2D eigenvalue weighted by Gasteiger charge is 2.25. The number of amides is 2. The van der Waals surface area contributed by atoms with Crippen molar-refractivity contribution in [2.75, 3.05) is 34.8 Å². The number of aryl methyl sites for hydroxylation is 1. The second-order valence-electron chi connectivity index (χ2n) is 10.9. The molecule has 3 heterocycles. The molecule has 0 unspecified atom stereocenters. The lowest BCUT2D eigenvalue weighted by Gasteiger charge is -2.32. The van der Waals surface area contributed by atoms with Crippen LogP contribution in [0.1, 0.15) is 56.6 Å². The zero-order valence-corrected chi connectivity index (χ0v) is 23.0. The van der Waals surface area contributed by atoms with E-state index < -0.39 is 11.7 Å². The fourth-order valence-electron chi connectivity index (χ4n) is 4.38. The molecule has 1 aliphatic rings. The Bertz CT molecular complexity index is 1230. The second-order valence-corrected chi connectivity index (χ2v) is 10.9. The minimum absolute atomic E-state index is 0.207. The van der Waals surface area contributed by atoms with Gasteiger partial charge in [0, 0.05) is 49.1 Å². The zero-order valence-electron chi connectivity index (χ0n) is 23.0. The topological polar surface area (TPSA) is 92.6 Å². The quantitative estimate of drug-likeness (QED) is 0.443. The molecule has 38 heavy (non-hydrogen) atoms. The van der Waals surface area contributed by atoms with Gasteiger partial charge >= 0.3 is 6.09 Å². The van der Waals surface area contributed by atoms with E-state index in [1.165, 1.54) is 0 Å². The van der Waals surface area contributed by atoms with Crippen molar-refractivity contribution < 1.29 is 14.3 Å². The van der Waals surface area contributed by atoms with Gasteiger partial charge in [0.2, 0.25) is 0 Å². The summed E-state index contributed by atoms with van der Waals surface area (Å²) < 4.78 is 7.41. The van der Waals surface area contributed by atoms with E-state index in [2.05, 4.69) is 22.2 Å². The van der Waals surface area contributed by atoms with Crippen molar-refractivity contribution in [3.63, 3.8) is 0 Å². The number of hydrogen-bond acceptors (Lipinski definition) is 6. The van der Waals surface area contributed by atoms with E-state index in [-0.39, 0.29) is 5.91 Å². The number of carbonyl (C=O) groups is 2. The van der Waals surface area contributed by atoms with Crippen LogP contribution in [0.2, 0.25) is 0 Å². The average Bonchev–Trinajstić information content (AvgIpc) is 3.38. The molecule has 202 valence electrons. The third kappa shape index (κ3) is 7.12. The SMILES string of the molecule is Cc1ccc(C(=O)Nc2ccc(N(CCn3cccn3)C(=O)OC(C)(C)C)cc2)c(N2CCC(C)CC2)n1. The maximum atomic E-state index is 13.3. The van der Waals surface area contributed by atoms with Gasteiger partial charge in [-0.15, -0.1) is 0 Å². The molecule has 1 aliphatic heterocycles. The van der Waals surface area contributed by atoms with Crippen molar-refractivity contribution >= 4 is 29.2 Å². The van der Waals surface area contributed by atoms with Gasteiger partial charge in [0.1, 0.15) is 11.4 Å². The maximum Gasteiger partial charge on any atom is 0.414 e. The Balaban J connectivity index is 1.49. The van der Waals surface area contributed by atoms with E-state index in [9.17, 15) is 9.59 Å². The highest BCUT2D eigenvalue weighted by atomic mass is 16.6. The summed E-state index contributed by atoms with van der Waals surface area (Å²) in [5.74, 6) is 1.22. The van der Waals surface area contributed by atoms with Gasteiger partial charge in [0.15, 0.2) is 0 Å². The Hall–Kier alpha value is -3.88. The number of nitrogens with one attached hydrogen (secondary N) is 1. The van der Waals surface area contributed by atoms with Crippen LogP contribution in [0.3, 0.4) is 0 Å². The summed E-state index contributed by atoms with van der Waals surface area (Å²) in [6.07, 6.45) is 5.30. The first kappa shape index (κ1) is 27.2. The number of hydrogen-bond donors (Lipinski definition) is 1. The molecular formula is C29H38N6O3. The van der Waals surface area contributed by atoms with Gasteiger partial charge in [-0.3, -0.25) is 14.4 Å². The summed E-state index contributed by atoms with van der Waals surface area (Å²) in [4.78, 5) is 34.8. The van der Waals surface area contributed by atoms with Crippen molar-refractivity contribution in [3.05, 3.63) is 66.1 Å². The lowest BCUT2D eigenvalue weighted by molar-refractivity contribution is 0.0578. The number of rotatable bonds is 7. The summed E-state index contributed by atoms with van der Waals surface area (Å²) >= 11 is 0. The first-order valence-electron chi connectivity index (χ1n) is 13.2. The van der Waals surface area contributed by atoms with Crippen molar-refractivity contribution in [2.24, 2.45) is 5.92 Å². The van der Waals surface area contributed by atoms with E-state index in [0.717, 1.165) is 37.4 Å². The Morgan fingerprint density at radius 3 is 2.45 bits per heavy atom. The van der Waals surface area contributed by atoms with Gasteiger partial charge in [0.25, 0.3) is 5.91 Å². The van der Waals surface area contributed by atoms with Gasteiger partial charge < -0.3 is 15.0 Å². The van der Waals surface area contributed by atoms with Crippen LogP contribution in [-0.2, 0) is 11.3 Å². The molecule has 0 aliphatic carbocycles. The molecule has 2 aromatic heterocycles. The molecule has 1 fully saturated rings. The highest BCUT2D eigenvalue weighted by Crippen LogP contribution is 2.27. The van der Waals surface area contributed by atoms with Crippen LogP contribution in [0.25, 0.3) is 0 Å². The summed E-state index contributed by atoms with van der Waals surface area (Å²) in [6, 6.07) is 12.8. The molecule has 1 aromatic carbocycles. The van der Waals surface area contributed by atoms with E-state index in [1.54, 1.807) is 27.9 Å². The van der Waals surface area contributed by atoms with Crippen LogP contribution in [0, 0.1) is 12.8 Å². The minimum Gasteiger partial charge on any atom is -0.443 e. The number of pyridine rings is 1. The van der Waals surface area contributed by atoms with E-state index in [0.29, 0.717) is 35.9 Å².